The molecule has 2 fully saturated rings. The Hall–Kier alpha value is -1.61. The molecule has 2 aliphatic rings. The van der Waals surface area contributed by atoms with Crippen LogP contribution in [0, 0.1) is 11.8 Å². The summed E-state index contributed by atoms with van der Waals surface area (Å²) in [5.41, 5.74) is 0.505. The van der Waals surface area contributed by atoms with Gasteiger partial charge < -0.3 is 4.74 Å². The second-order valence-electron chi connectivity index (χ2n) is 5.78. The second-order valence-corrected chi connectivity index (χ2v) is 6.18. The van der Waals surface area contributed by atoms with Gasteiger partial charge in [0, 0.05) is 28.2 Å². The molecule has 102 valence electrons. The molecule has 0 N–H and O–H groups in total. The third-order valence-corrected chi connectivity index (χ3v) is 4.77. The molecule has 4 heteroatoms. The van der Waals surface area contributed by atoms with Gasteiger partial charge in [-0.05, 0) is 37.2 Å². The minimum Gasteiger partial charge on any atom is -0.459 e. The monoisotopic (exact) mass is 287 g/mol. The van der Waals surface area contributed by atoms with E-state index in [1.54, 1.807) is 18.5 Å². The average molecular weight is 288 g/mol. The Balaban J connectivity index is 1.64. The van der Waals surface area contributed by atoms with Crippen LogP contribution < -0.4 is 0 Å². The van der Waals surface area contributed by atoms with E-state index in [1.807, 2.05) is 12.1 Å². The molecular weight excluding hydrogens is 274 g/mol. The van der Waals surface area contributed by atoms with Crippen molar-refractivity contribution in [1.82, 2.24) is 4.98 Å². The van der Waals surface area contributed by atoms with Crippen molar-refractivity contribution in [1.29, 1.82) is 0 Å². The van der Waals surface area contributed by atoms with Crippen molar-refractivity contribution in [2.75, 3.05) is 0 Å². The second kappa shape index (κ2) is 4.45. The zero-order valence-corrected chi connectivity index (χ0v) is 11.6. The summed E-state index contributed by atoms with van der Waals surface area (Å²) in [6.07, 6.45) is 6.70. The smallest absolute Gasteiger partial charge is 0.340 e. The molecule has 1 heterocycles. The first-order chi connectivity index (χ1) is 9.72. The number of aromatic nitrogens is 1. The number of esters is 1. The third-order valence-electron chi connectivity index (χ3n) is 4.44. The molecule has 0 amide bonds. The molecule has 4 rings (SSSR count). The lowest BCUT2D eigenvalue weighted by Gasteiger charge is -2.14. The number of nitrogens with zero attached hydrogens (tertiary/aromatic N) is 1. The van der Waals surface area contributed by atoms with Crippen molar-refractivity contribution in [2.45, 2.75) is 25.4 Å². The van der Waals surface area contributed by atoms with E-state index in [4.69, 9.17) is 16.3 Å². The molecule has 0 saturated heterocycles. The lowest BCUT2D eigenvalue weighted by molar-refractivity contribution is 0.0293. The van der Waals surface area contributed by atoms with E-state index >= 15 is 0 Å². The molecule has 20 heavy (non-hydrogen) atoms. The first kappa shape index (κ1) is 12.2. The topological polar surface area (TPSA) is 39.2 Å². The Bertz CT molecular complexity index is 690. The van der Waals surface area contributed by atoms with Gasteiger partial charge in [-0.25, -0.2) is 4.79 Å². The Kier molecular flexibility index (Phi) is 2.71. The van der Waals surface area contributed by atoms with Gasteiger partial charge in [-0.2, -0.15) is 0 Å². The van der Waals surface area contributed by atoms with Crippen LogP contribution in [0.1, 0.15) is 29.6 Å². The maximum absolute atomic E-state index is 12.3. The fourth-order valence-electron chi connectivity index (χ4n) is 3.29. The summed E-state index contributed by atoms with van der Waals surface area (Å²) in [7, 11) is 0. The number of halogens is 1. The summed E-state index contributed by atoms with van der Waals surface area (Å²) < 4.78 is 5.62. The molecule has 2 aliphatic carbocycles. The van der Waals surface area contributed by atoms with Crippen LogP contribution in [0.5, 0.6) is 0 Å². The Morgan fingerprint density at radius 2 is 1.95 bits per heavy atom. The molecule has 1 aromatic carbocycles. The number of rotatable bonds is 2. The molecular formula is C16H14ClNO2. The van der Waals surface area contributed by atoms with Gasteiger partial charge in [0.25, 0.3) is 0 Å². The van der Waals surface area contributed by atoms with E-state index in [-0.39, 0.29) is 12.1 Å². The highest BCUT2D eigenvalue weighted by molar-refractivity contribution is 6.35. The standard InChI is InChI=1S/C16H14ClNO2/c17-15-3-1-2-12-13(15)7-18-8-14(12)16(19)20-11-5-9-4-10(9)6-11/h1-3,7-11H,4-6H2. The van der Waals surface area contributed by atoms with Gasteiger partial charge in [0.05, 0.1) is 5.56 Å². The van der Waals surface area contributed by atoms with Gasteiger partial charge in [0.2, 0.25) is 0 Å². The molecule has 2 aromatic rings. The molecule has 3 nitrogen and oxygen atoms in total. The Labute approximate surface area is 121 Å². The van der Waals surface area contributed by atoms with Crippen LogP contribution in [-0.2, 0) is 4.74 Å². The number of carbonyl (C=O) groups excluding carboxylic acids is 1. The van der Waals surface area contributed by atoms with Crippen molar-refractivity contribution >= 4 is 28.3 Å². The zero-order chi connectivity index (χ0) is 13.7. The SMILES string of the molecule is O=C(OC1CC2CC2C1)c1cncc2c(Cl)cccc12. The van der Waals surface area contributed by atoms with E-state index in [0.29, 0.717) is 10.6 Å². The number of hydrogen-bond donors (Lipinski definition) is 0. The number of fused-ring (bicyclic) bond motifs is 2. The van der Waals surface area contributed by atoms with E-state index in [9.17, 15) is 4.79 Å². The number of hydrogen-bond acceptors (Lipinski definition) is 3. The van der Waals surface area contributed by atoms with Crippen LogP contribution in [0.4, 0.5) is 0 Å². The minimum absolute atomic E-state index is 0.0840. The summed E-state index contributed by atoms with van der Waals surface area (Å²) in [6, 6.07) is 5.52. The molecule has 0 spiro atoms. The first-order valence-electron chi connectivity index (χ1n) is 6.95. The van der Waals surface area contributed by atoms with Crippen LogP contribution in [-0.4, -0.2) is 17.1 Å². The van der Waals surface area contributed by atoms with Crippen molar-refractivity contribution < 1.29 is 9.53 Å². The predicted octanol–water partition coefficient (Wildman–Crippen LogP) is 3.84. The highest BCUT2D eigenvalue weighted by Crippen LogP contribution is 2.52. The van der Waals surface area contributed by atoms with E-state index in [2.05, 4.69) is 4.98 Å². The van der Waals surface area contributed by atoms with E-state index in [0.717, 1.165) is 35.4 Å². The molecule has 2 unspecified atom stereocenters. The van der Waals surface area contributed by atoms with Crippen molar-refractivity contribution in [3.05, 3.63) is 41.2 Å². The van der Waals surface area contributed by atoms with Gasteiger partial charge in [-0.3, -0.25) is 4.98 Å². The number of ether oxygens (including phenoxy) is 1. The number of pyridine rings is 1. The summed E-state index contributed by atoms with van der Waals surface area (Å²) in [5, 5.41) is 2.20. The molecule has 1 aromatic heterocycles. The number of carbonyl (C=O) groups is 1. The van der Waals surface area contributed by atoms with Gasteiger partial charge in [-0.15, -0.1) is 0 Å². The minimum atomic E-state index is -0.281. The lowest BCUT2D eigenvalue weighted by atomic mass is 10.1. The predicted molar refractivity (Wildman–Crippen MR) is 76.8 cm³/mol. The first-order valence-corrected chi connectivity index (χ1v) is 7.33. The van der Waals surface area contributed by atoms with Crippen molar-refractivity contribution in [2.24, 2.45) is 11.8 Å². The van der Waals surface area contributed by atoms with Gasteiger partial charge >= 0.3 is 5.97 Å². The van der Waals surface area contributed by atoms with Gasteiger partial charge in [-0.1, -0.05) is 23.7 Å². The van der Waals surface area contributed by atoms with Crippen LogP contribution in [0.3, 0.4) is 0 Å². The molecule has 0 aliphatic heterocycles. The average Bonchev–Trinajstić information content (AvgIpc) is 3.06. The summed E-state index contributed by atoms with van der Waals surface area (Å²) >= 11 is 6.14. The van der Waals surface area contributed by atoms with Crippen LogP contribution >= 0.6 is 11.6 Å². The normalized spacial score (nSPS) is 27.4. The fourth-order valence-corrected chi connectivity index (χ4v) is 3.52. The highest BCUT2D eigenvalue weighted by atomic mass is 35.5. The molecule has 0 radical (unpaired) electrons. The summed E-state index contributed by atoms with van der Waals surface area (Å²) in [6.45, 7) is 0. The zero-order valence-electron chi connectivity index (χ0n) is 10.9. The quantitative estimate of drug-likeness (QED) is 0.788. The Morgan fingerprint density at radius 3 is 2.75 bits per heavy atom. The van der Waals surface area contributed by atoms with Crippen molar-refractivity contribution in [3.63, 3.8) is 0 Å². The van der Waals surface area contributed by atoms with Crippen molar-refractivity contribution in [3.8, 4) is 0 Å². The largest absolute Gasteiger partial charge is 0.459 e. The summed E-state index contributed by atoms with van der Waals surface area (Å²) in [5.74, 6) is 1.32. The fraction of sp³-hybridized carbons (Fsp3) is 0.375. The van der Waals surface area contributed by atoms with E-state index in [1.165, 1.54) is 6.42 Å². The van der Waals surface area contributed by atoms with Crippen LogP contribution in [0.2, 0.25) is 5.02 Å². The number of benzene rings is 1. The van der Waals surface area contributed by atoms with E-state index < -0.39 is 0 Å². The lowest BCUT2D eigenvalue weighted by Crippen LogP contribution is -2.17. The highest BCUT2D eigenvalue weighted by Gasteiger charge is 2.47. The van der Waals surface area contributed by atoms with Gasteiger partial charge in [0.15, 0.2) is 0 Å². The van der Waals surface area contributed by atoms with Crippen LogP contribution in [0.25, 0.3) is 10.8 Å². The maximum atomic E-state index is 12.3. The maximum Gasteiger partial charge on any atom is 0.340 e. The third kappa shape index (κ3) is 1.97. The summed E-state index contributed by atoms with van der Waals surface area (Å²) in [4.78, 5) is 16.4. The van der Waals surface area contributed by atoms with Gasteiger partial charge in [0.1, 0.15) is 6.10 Å². The molecule has 0 bridgehead atoms. The molecule has 2 atom stereocenters. The Morgan fingerprint density at radius 1 is 1.15 bits per heavy atom. The molecule has 2 saturated carbocycles. The van der Waals surface area contributed by atoms with Crippen LogP contribution in [0.15, 0.2) is 30.6 Å².